The van der Waals surface area contributed by atoms with Gasteiger partial charge in [-0.3, -0.25) is 4.79 Å². The molecule has 0 heterocycles. The summed E-state index contributed by atoms with van der Waals surface area (Å²) in [7, 11) is 0. The summed E-state index contributed by atoms with van der Waals surface area (Å²) in [5.74, 6) is -0.221. The topological polar surface area (TPSA) is 77.0 Å². The van der Waals surface area contributed by atoms with Crippen LogP contribution < -0.4 is 5.32 Å². The first-order chi connectivity index (χ1) is 8.57. The molecule has 2 N–H and O–H groups in total. The number of amides is 1. The third kappa shape index (κ3) is 10.2. The van der Waals surface area contributed by atoms with Crippen molar-refractivity contribution in [3.8, 4) is 0 Å². The van der Waals surface area contributed by atoms with Gasteiger partial charge in [-0.2, -0.15) is 0 Å². The van der Waals surface area contributed by atoms with Crippen molar-refractivity contribution in [3.05, 3.63) is 12.2 Å². The highest BCUT2D eigenvalue weighted by atomic mass is 16.6. The monoisotopic (exact) mass is 261 g/mol. The molecule has 0 aliphatic rings. The average molecular weight is 261 g/mol. The van der Waals surface area contributed by atoms with Crippen LogP contribution in [-0.4, -0.2) is 56.9 Å². The van der Waals surface area contributed by atoms with Crippen molar-refractivity contribution in [2.45, 2.75) is 20.1 Å². The number of nitrogens with one attached hydrogen (secondary N) is 1. The molecule has 6 nitrogen and oxygen atoms in total. The Kier molecular flexibility index (Phi) is 10.6. The van der Waals surface area contributed by atoms with Gasteiger partial charge in [-0.15, -0.1) is 0 Å². The van der Waals surface area contributed by atoms with Crippen LogP contribution in [0.4, 0.5) is 0 Å². The fraction of sp³-hybridized carbons (Fsp3) is 0.750. The highest BCUT2D eigenvalue weighted by Crippen LogP contribution is 1.91. The first-order valence-electron chi connectivity index (χ1n) is 5.92. The molecule has 106 valence electrons. The predicted molar refractivity (Wildman–Crippen MR) is 67.1 cm³/mol. The van der Waals surface area contributed by atoms with Crippen LogP contribution in [0, 0.1) is 0 Å². The normalized spacial score (nSPS) is 12.2. The Labute approximate surface area is 108 Å². The second kappa shape index (κ2) is 11.2. The van der Waals surface area contributed by atoms with E-state index in [1.165, 1.54) is 0 Å². The second-order valence-corrected chi connectivity index (χ2v) is 3.72. The van der Waals surface area contributed by atoms with Crippen LogP contribution in [0.25, 0.3) is 0 Å². The molecule has 0 bridgehead atoms. The number of carbonyl (C=O) groups is 1. The maximum Gasteiger partial charge on any atom is 0.248 e. The van der Waals surface area contributed by atoms with Gasteiger partial charge in [0.25, 0.3) is 0 Å². The summed E-state index contributed by atoms with van der Waals surface area (Å²) < 4.78 is 15.5. The Morgan fingerprint density at radius 2 is 1.78 bits per heavy atom. The summed E-state index contributed by atoms with van der Waals surface area (Å²) in [5, 5.41) is 11.1. The van der Waals surface area contributed by atoms with E-state index in [2.05, 4.69) is 11.9 Å². The third-order valence-electron chi connectivity index (χ3n) is 1.93. The minimum absolute atomic E-state index is 0.0169. The van der Waals surface area contributed by atoms with Crippen LogP contribution in [-0.2, 0) is 19.0 Å². The van der Waals surface area contributed by atoms with E-state index in [-0.39, 0.29) is 18.7 Å². The lowest BCUT2D eigenvalue weighted by Gasteiger charge is -2.14. The number of rotatable bonds is 11. The Morgan fingerprint density at radius 1 is 1.22 bits per heavy atom. The molecular weight excluding hydrogens is 238 g/mol. The van der Waals surface area contributed by atoms with Crippen LogP contribution in [0.2, 0.25) is 0 Å². The number of aliphatic hydroxyl groups is 1. The Balaban J connectivity index is 3.32. The van der Waals surface area contributed by atoms with Gasteiger partial charge in [-0.1, -0.05) is 6.58 Å². The van der Waals surface area contributed by atoms with Crippen LogP contribution in [0.5, 0.6) is 0 Å². The summed E-state index contributed by atoms with van der Waals surface area (Å²) in [5.41, 5.74) is 0.447. The molecule has 0 aromatic carbocycles. The zero-order chi connectivity index (χ0) is 13.8. The van der Waals surface area contributed by atoms with E-state index in [1.54, 1.807) is 13.8 Å². The predicted octanol–water partition coefficient (Wildman–Crippen LogP) is 0.0668. The molecule has 0 aliphatic carbocycles. The molecule has 0 aliphatic heterocycles. The van der Waals surface area contributed by atoms with E-state index < -0.39 is 0 Å². The largest absolute Gasteiger partial charge is 0.394 e. The van der Waals surface area contributed by atoms with Crippen LogP contribution >= 0.6 is 0 Å². The van der Waals surface area contributed by atoms with Crippen molar-refractivity contribution in [2.24, 2.45) is 0 Å². The first kappa shape index (κ1) is 17.1. The molecule has 1 amide bonds. The number of ether oxygens (including phenoxy) is 3. The van der Waals surface area contributed by atoms with Crippen LogP contribution in [0.1, 0.15) is 13.8 Å². The molecule has 0 aromatic rings. The van der Waals surface area contributed by atoms with Crippen molar-refractivity contribution in [2.75, 3.05) is 39.6 Å². The SMILES string of the molecule is C=C(C)C(=O)NC(C)OCCOCCOCCO. The zero-order valence-corrected chi connectivity index (χ0v) is 11.1. The number of hydrogen-bond acceptors (Lipinski definition) is 5. The first-order valence-corrected chi connectivity index (χ1v) is 5.92. The maximum absolute atomic E-state index is 11.2. The van der Waals surface area contributed by atoms with E-state index in [4.69, 9.17) is 19.3 Å². The summed E-state index contributed by atoms with van der Waals surface area (Å²) in [6.07, 6.45) is -0.372. The lowest BCUT2D eigenvalue weighted by molar-refractivity contribution is -0.121. The summed E-state index contributed by atoms with van der Waals surface area (Å²) in [6, 6.07) is 0. The van der Waals surface area contributed by atoms with Crippen LogP contribution in [0.15, 0.2) is 12.2 Å². The van der Waals surface area contributed by atoms with E-state index in [0.29, 0.717) is 38.6 Å². The van der Waals surface area contributed by atoms with Gasteiger partial charge < -0.3 is 24.6 Å². The molecule has 18 heavy (non-hydrogen) atoms. The van der Waals surface area contributed by atoms with Crippen molar-refractivity contribution in [1.29, 1.82) is 0 Å². The lowest BCUT2D eigenvalue weighted by Crippen LogP contribution is -2.35. The van der Waals surface area contributed by atoms with Gasteiger partial charge in [0, 0.05) is 5.57 Å². The number of carbonyl (C=O) groups excluding carboxylic acids is 1. The minimum Gasteiger partial charge on any atom is -0.394 e. The molecule has 0 rings (SSSR count). The van der Waals surface area contributed by atoms with E-state index in [0.717, 1.165) is 0 Å². The molecule has 0 saturated carbocycles. The molecule has 0 spiro atoms. The highest BCUT2D eigenvalue weighted by molar-refractivity contribution is 5.92. The number of hydrogen-bond donors (Lipinski definition) is 2. The molecule has 1 atom stereocenters. The van der Waals surface area contributed by atoms with Crippen molar-refractivity contribution >= 4 is 5.91 Å². The molecule has 0 aromatic heterocycles. The van der Waals surface area contributed by atoms with E-state index in [9.17, 15) is 4.79 Å². The van der Waals surface area contributed by atoms with Gasteiger partial charge in [0.1, 0.15) is 6.23 Å². The minimum atomic E-state index is -0.372. The standard InChI is InChI=1S/C12H23NO5/c1-10(2)12(15)13-11(3)18-9-8-17-7-6-16-5-4-14/h11,14H,1,4-9H2,2-3H3,(H,13,15). The molecule has 6 heteroatoms. The summed E-state index contributed by atoms with van der Waals surface area (Å²) >= 11 is 0. The average Bonchev–Trinajstić information content (AvgIpc) is 2.32. The molecular formula is C12H23NO5. The van der Waals surface area contributed by atoms with Gasteiger partial charge in [0.2, 0.25) is 5.91 Å². The highest BCUT2D eigenvalue weighted by Gasteiger charge is 2.06. The zero-order valence-electron chi connectivity index (χ0n) is 11.1. The Morgan fingerprint density at radius 3 is 2.33 bits per heavy atom. The number of aliphatic hydroxyl groups excluding tert-OH is 1. The molecule has 1 unspecified atom stereocenters. The molecule has 0 fully saturated rings. The fourth-order valence-corrected chi connectivity index (χ4v) is 1.02. The van der Waals surface area contributed by atoms with Crippen molar-refractivity contribution < 1.29 is 24.1 Å². The summed E-state index contributed by atoms with van der Waals surface area (Å²) in [4.78, 5) is 11.2. The second-order valence-electron chi connectivity index (χ2n) is 3.72. The van der Waals surface area contributed by atoms with E-state index in [1.807, 2.05) is 0 Å². The molecule has 0 saturated heterocycles. The quantitative estimate of drug-likeness (QED) is 0.312. The fourth-order valence-electron chi connectivity index (χ4n) is 1.02. The van der Waals surface area contributed by atoms with Crippen molar-refractivity contribution in [1.82, 2.24) is 5.32 Å². The van der Waals surface area contributed by atoms with Crippen LogP contribution in [0.3, 0.4) is 0 Å². The molecule has 0 radical (unpaired) electrons. The lowest BCUT2D eigenvalue weighted by atomic mass is 10.3. The van der Waals surface area contributed by atoms with Gasteiger partial charge in [0.05, 0.1) is 39.6 Å². The van der Waals surface area contributed by atoms with Gasteiger partial charge in [0.15, 0.2) is 0 Å². The third-order valence-corrected chi connectivity index (χ3v) is 1.93. The van der Waals surface area contributed by atoms with Gasteiger partial charge in [-0.25, -0.2) is 0 Å². The maximum atomic E-state index is 11.2. The van der Waals surface area contributed by atoms with E-state index >= 15 is 0 Å². The van der Waals surface area contributed by atoms with Gasteiger partial charge in [-0.05, 0) is 13.8 Å². The van der Waals surface area contributed by atoms with Gasteiger partial charge >= 0.3 is 0 Å². The summed E-state index contributed by atoms with van der Waals surface area (Å²) in [6.45, 7) is 8.96. The van der Waals surface area contributed by atoms with Crippen molar-refractivity contribution in [3.63, 3.8) is 0 Å². The Bertz CT molecular complexity index is 245. The smallest absolute Gasteiger partial charge is 0.248 e. The Hall–Kier alpha value is -0.950.